The van der Waals surface area contributed by atoms with Crippen LogP contribution in [0.1, 0.15) is 17.1 Å². The van der Waals surface area contributed by atoms with Crippen molar-refractivity contribution in [3.63, 3.8) is 0 Å². The van der Waals surface area contributed by atoms with Gasteiger partial charge in [-0.05, 0) is 13.0 Å². The summed E-state index contributed by atoms with van der Waals surface area (Å²) in [7, 11) is -0.972. The molecular formula is C17H16N6OS2. The molecule has 26 heavy (non-hydrogen) atoms. The molecule has 0 aliphatic rings. The first-order valence-electron chi connectivity index (χ1n) is 7.69. The topological polar surface area (TPSA) is 97.4 Å². The lowest BCUT2D eigenvalue weighted by Gasteiger charge is -2.02. The Labute approximate surface area is 157 Å². The van der Waals surface area contributed by atoms with E-state index in [9.17, 15) is 9.47 Å². The number of hydrogen-bond acceptors (Lipinski definition) is 7. The molecule has 1 atom stereocenters. The average molecular weight is 384 g/mol. The van der Waals surface area contributed by atoms with Gasteiger partial charge < -0.3 is 0 Å². The van der Waals surface area contributed by atoms with E-state index >= 15 is 0 Å². The normalized spacial score (nSPS) is 11.9. The van der Waals surface area contributed by atoms with Crippen LogP contribution in [0.5, 0.6) is 0 Å². The van der Waals surface area contributed by atoms with Gasteiger partial charge in [0.1, 0.15) is 17.4 Å². The van der Waals surface area contributed by atoms with Crippen molar-refractivity contribution in [3.8, 4) is 27.2 Å². The molecule has 0 bridgehead atoms. The highest BCUT2D eigenvalue weighted by atomic mass is 32.2. The molecule has 0 fully saturated rings. The fourth-order valence-electron chi connectivity index (χ4n) is 2.52. The third-order valence-corrected chi connectivity index (χ3v) is 5.48. The largest absolute Gasteiger partial charge is 0.260 e. The van der Waals surface area contributed by atoms with Gasteiger partial charge >= 0.3 is 0 Å². The van der Waals surface area contributed by atoms with Gasteiger partial charge in [0.05, 0.1) is 39.8 Å². The van der Waals surface area contributed by atoms with Gasteiger partial charge in [-0.3, -0.25) is 8.89 Å². The smallest absolute Gasteiger partial charge is 0.154 e. The van der Waals surface area contributed by atoms with E-state index in [1.807, 2.05) is 17.7 Å². The molecular weight excluding hydrogens is 368 g/mol. The van der Waals surface area contributed by atoms with Crippen LogP contribution >= 0.6 is 11.3 Å². The summed E-state index contributed by atoms with van der Waals surface area (Å²) < 4.78 is 13.4. The number of allylic oxidation sites excluding steroid dienone is 1. The van der Waals surface area contributed by atoms with E-state index in [4.69, 9.17) is 0 Å². The first-order valence-corrected chi connectivity index (χ1v) is 10.2. The first-order chi connectivity index (χ1) is 12.5. The molecule has 0 N–H and O–H groups in total. The van der Waals surface area contributed by atoms with Crippen LogP contribution < -0.4 is 0 Å². The van der Waals surface area contributed by atoms with E-state index in [1.165, 1.54) is 17.7 Å². The average Bonchev–Trinajstić information content (AvgIpc) is 3.17. The molecule has 3 aromatic rings. The summed E-state index contributed by atoms with van der Waals surface area (Å²) in [5, 5.41) is 14.5. The van der Waals surface area contributed by atoms with Crippen LogP contribution in [0.4, 0.5) is 0 Å². The zero-order chi connectivity index (χ0) is 18.7. The summed E-state index contributed by atoms with van der Waals surface area (Å²) in [6, 6.07) is 4.00. The minimum atomic E-state index is -0.972. The Kier molecular flexibility index (Phi) is 5.35. The number of hydrogen-bond donors (Lipinski definition) is 0. The van der Waals surface area contributed by atoms with Crippen molar-refractivity contribution in [3.05, 3.63) is 48.3 Å². The van der Waals surface area contributed by atoms with E-state index in [-0.39, 0.29) is 0 Å². The standard InChI is InChI=1S/C17H16N6OS2/c1-4-5-23-15(6-12(22-23)9-26(3)24)16-11(2)21-17(25-16)13-8-19-10-20-14(13)7-18/h4,6,8,10H,1,5,9H2,2-3H3. The molecule has 0 spiro atoms. The Morgan fingerprint density at radius 1 is 1.50 bits per heavy atom. The van der Waals surface area contributed by atoms with E-state index in [2.05, 4.69) is 32.7 Å². The van der Waals surface area contributed by atoms with Crippen LogP contribution in [0.2, 0.25) is 0 Å². The van der Waals surface area contributed by atoms with Gasteiger partial charge in [0.2, 0.25) is 0 Å². The Hall–Kier alpha value is -2.70. The maximum atomic E-state index is 11.5. The third-order valence-electron chi connectivity index (χ3n) is 3.56. The van der Waals surface area contributed by atoms with Crippen molar-refractivity contribution in [2.24, 2.45) is 0 Å². The van der Waals surface area contributed by atoms with E-state index < -0.39 is 10.8 Å². The van der Waals surface area contributed by atoms with Crippen molar-refractivity contribution in [2.75, 3.05) is 6.26 Å². The predicted molar refractivity (Wildman–Crippen MR) is 102 cm³/mol. The summed E-state index contributed by atoms with van der Waals surface area (Å²) in [6.45, 7) is 6.22. The molecule has 0 saturated heterocycles. The molecule has 3 rings (SSSR count). The fourth-order valence-corrected chi connectivity index (χ4v) is 4.17. The molecule has 0 aliphatic heterocycles. The first kappa shape index (κ1) is 18.1. The molecule has 1 unspecified atom stereocenters. The highest BCUT2D eigenvalue weighted by molar-refractivity contribution is 7.83. The van der Waals surface area contributed by atoms with E-state index in [0.29, 0.717) is 28.6 Å². The molecule has 0 saturated carbocycles. The molecule has 9 heteroatoms. The third kappa shape index (κ3) is 3.61. The van der Waals surface area contributed by atoms with Gasteiger partial charge in [0.25, 0.3) is 0 Å². The number of aryl methyl sites for hydroxylation is 1. The van der Waals surface area contributed by atoms with Crippen molar-refractivity contribution in [2.45, 2.75) is 19.2 Å². The van der Waals surface area contributed by atoms with Crippen molar-refractivity contribution < 1.29 is 4.21 Å². The summed E-state index contributed by atoms with van der Waals surface area (Å²) >= 11 is 1.45. The second kappa shape index (κ2) is 7.68. The van der Waals surface area contributed by atoms with Gasteiger partial charge in [-0.15, -0.1) is 17.9 Å². The number of aromatic nitrogens is 5. The molecule has 0 amide bonds. The van der Waals surface area contributed by atoms with Gasteiger partial charge in [-0.25, -0.2) is 15.0 Å². The lowest BCUT2D eigenvalue weighted by Crippen LogP contribution is -2.01. The SMILES string of the molecule is C=CCn1nc(CS(C)=O)cc1-c1sc(-c2cncnc2C#N)nc1C. The Bertz CT molecular complexity index is 1030. The van der Waals surface area contributed by atoms with Crippen molar-refractivity contribution in [1.29, 1.82) is 5.26 Å². The van der Waals surface area contributed by atoms with Crippen LogP contribution in [-0.2, 0) is 23.1 Å². The summed E-state index contributed by atoms with van der Waals surface area (Å²) in [5.74, 6) is 0.396. The molecule has 3 heterocycles. The van der Waals surface area contributed by atoms with Crippen LogP contribution in [0.15, 0.2) is 31.2 Å². The van der Waals surface area contributed by atoms with Crippen molar-refractivity contribution >= 4 is 22.1 Å². The summed E-state index contributed by atoms with van der Waals surface area (Å²) in [4.78, 5) is 13.5. The maximum Gasteiger partial charge on any atom is 0.154 e. The van der Waals surface area contributed by atoms with Crippen molar-refractivity contribution in [1.82, 2.24) is 24.7 Å². The van der Waals surface area contributed by atoms with E-state index in [0.717, 1.165) is 22.0 Å². The number of nitriles is 1. The summed E-state index contributed by atoms with van der Waals surface area (Å²) in [6.07, 6.45) is 6.36. The minimum absolute atomic E-state index is 0.293. The minimum Gasteiger partial charge on any atom is -0.260 e. The van der Waals surface area contributed by atoms with Gasteiger partial charge in [-0.2, -0.15) is 10.4 Å². The lowest BCUT2D eigenvalue weighted by atomic mass is 10.2. The van der Waals surface area contributed by atoms with Crippen LogP contribution in [0, 0.1) is 18.3 Å². The van der Waals surface area contributed by atoms with Crippen LogP contribution in [0.25, 0.3) is 21.1 Å². The fraction of sp³-hybridized carbons (Fsp3) is 0.235. The highest BCUT2D eigenvalue weighted by Gasteiger charge is 2.19. The molecule has 132 valence electrons. The zero-order valence-corrected chi connectivity index (χ0v) is 16.0. The van der Waals surface area contributed by atoms with Crippen LogP contribution in [-0.4, -0.2) is 35.2 Å². The van der Waals surface area contributed by atoms with Crippen LogP contribution in [0.3, 0.4) is 0 Å². The predicted octanol–water partition coefficient (Wildman–Crippen LogP) is 2.71. The zero-order valence-electron chi connectivity index (χ0n) is 14.3. The molecule has 0 radical (unpaired) electrons. The summed E-state index contributed by atoms with van der Waals surface area (Å²) in [5.41, 5.74) is 3.38. The van der Waals surface area contributed by atoms with Gasteiger partial charge in [-0.1, -0.05) is 6.08 Å². The monoisotopic (exact) mass is 384 g/mol. The second-order valence-corrected chi connectivity index (χ2v) is 7.97. The number of thiazole rings is 1. The van der Waals surface area contributed by atoms with Gasteiger partial charge in [0, 0.05) is 23.3 Å². The molecule has 0 aromatic carbocycles. The molecule has 3 aromatic heterocycles. The second-order valence-electron chi connectivity index (χ2n) is 5.54. The number of rotatable bonds is 6. The Balaban J connectivity index is 2.09. The Morgan fingerprint density at radius 3 is 3.00 bits per heavy atom. The Morgan fingerprint density at radius 2 is 2.31 bits per heavy atom. The quantitative estimate of drug-likeness (QED) is 0.606. The molecule has 7 nitrogen and oxygen atoms in total. The number of nitrogens with zero attached hydrogens (tertiary/aromatic N) is 6. The van der Waals surface area contributed by atoms with E-state index in [1.54, 1.807) is 18.5 Å². The maximum absolute atomic E-state index is 11.5. The highest BCUT2D eigenvalue weighted by Crippen LogP contribution is 2.36. The lowest BCUT2D eigenvalue weighted by molar-refractivity contribution is 0.680. The molecule has 0 aliphatic carbocycles. The van der Waals surface area contributed by atoms with Gasteiger partial charge in [0.15, 0.2) is 5.69 Å².